The van der Waals surface area contributed by atoms with Crippen LogP contribution in [0.25, 0.3) is 10.2 Å². The van der Waals surface area contributed by atoms with E-state index >= 15 is 0 Å². The Balaban J connectivity index is 1.47. The first kappa shape index (κ1) is 20.1. The minimum absolute atomic E-state index is 0.00225. The van der Waals surface area contributed by atoms with Crippen LogP contribution in [0.1, 0.15) is 50.5 Å². The van der Waals surface area contributed by atoms with E-state index in [1.807, 2.05) is 23.1 Å². The van der Waals surface area contributed by atoms with E-state index in [1.165, 1.54) is 0 Å². The highest BCUT2D eigenvalue weighted by Crippen LogP contribution is 2.34. The third kappa shape index (κ3) is 5.42. The Morgan fingerprint density at radius 1 is 1.33 bits per heavy atom. The molecule has 1 N–H and O–H groups in total. The van der Waals surface area contributed by atoms with Gasteiger partial charge in [-0.15, -0.1) is 11.3 Å². The first-order valence-electron chi connectivity index (χ1n) is 9.53. The van der Waals surface area contributed by atoms with E-state index in [2.05, 4.69) is 19.2 Å². The SMILES string of the molecule is CC(C)CCC(=O)NCC(=O)N1CCC(c2nc3cc(Cl)ccc3s2)CC1. The molecule has 0 unspecified atom stereocenters. The number of fused-ring (bicyclic) bond motifs is 1. The standard InChI is InChI=1S/C20H26ClN3O2S/c1-13(2)3-6-18(25)22-12-19(26)24-9-7-14(8-10-24)20-23-16-11-15(21)4-5-17(16)27-20/h4-5,11,13-14H,3,6-10,12H2,1-2H3,(H,22,25). The van der Waals surface area contributed by atoms with E-state index in [0.29, 0.717) is 36.4 Å². The number of hydrogen-bond donors (Lipinski definition) is 1. The van der Waals surface area contributed by atoms with E-state index in [4.69, 9.17) is 16.6 Å². The number of carbonyl (C=O) groups is 2. The maximum atomic E-state index is 12.3. The number of piperidine rings is 1. The van der Waals surface area contributed by atoms with Crippen LogP contribution in [0.2, 0.25) is 5.02 Å². The topological polar surface area (TPSA) is 62.3 Å². The van der Waals surface area contributed by atoms with Crippen molar-refractivity contribution < 1.29 is 9.59 Å². The molecule has 7 heteroatoms. The number of likely N-dealkylation sites (tertiary alicyclic amines) is 1. The summed E-state index contributed by atoms with van der Waals surface area (Å²) >= 11 is 7.76. The summed E-state index contributed by atoms with van der Waals surface area (Å²) in [4.78, 5) is 30.7. The maximum absolute atomic E-state index is 12.3. The van der Waals surface area contributed by atoms with Crippen LogP contribution in [-0.4, -0.2) is 41.3 Å². The fourth-order valence-corrected chi connectivity index (χ4v) is 4.55. The van der Waals surface area contributed by atoms with E-state index in [-0.39, 0.29) is 18.4 Å². The van der Waals surface area contributed by atoms with Gasteiger partial charge < -0.3 is 10.2 Å². The van der Waals surface area contributed by atoms with Gasteiger partial charge >= 0.3 is 0 Å². The van der Waals surface area contributed by atoms with E-state index in [1.54, 1.807) is 11.3 Å². The number of halogens is 1. The van der Waals surface area contributed by atoms with Crippen LogP contribution in [0, 0.1) is 5.92 Å². The molecule has 2 aromatic rings. The second kappa shape index (κ2) is 9.02. The molecule has 1 fully saturated rings. The number of thiazole rings is 1. The van der Waals surface area contributed by atoms with Crippen molar-refractivity contribution in [3.8, 4) is 0 Å². The lowest BCUT2D eigenvalue weighted by molar-refractivity contribution is -0.133. The minimum Gasteiger partial charge on any atom is -0.347 e. The lowest BCUT2D eigenvalue weighted by Crippen LogP contribution is -2.43. The summed E-state index contributed by atoms with van der Waals surface area (Å²) in [6.45, 7) is 5.69. The number of nitrogens with zero attached hydrogens (tertiary/aromatic N) is 2. The third-order valence-electron chi connectivity index (χ3n) is 4.95. The Labute approximate surface area is 169 Å². The molecule has 0 atom stereocenters. The molecule has 0 saturated carbocycles. The van der Waals surface area contributed by atoms with Crippen LogP contribution >= 0.6 is 22.9 Å². The number of nitrogens with one attached hydrogen (secondary N) is 1. The zero-order valence-corrected chi connectivity index (χ0v) is 17.4. The van der Waals surface area contributed by atoms with Gasteiger partial charge in [0.25, 0.3) is 0 Å². The summed E-state index contributed by atoms with van der Waals surface area (Å²) in [6, 6.07) is 5.81. The number of aromatic nitrogens is 1. The molecule has 3 rings (SSSR count). The number of amides is 2. The van der Waals surface area contributed by atoms with Crippen LogP contribution in [0.5, 0.6) is 0 Å². The number of hydrogen-bond acceptors (Lipinski definition) is 4. The third-order valence-corrected chi connectivity index (χ3v) is 6.38. The van der Waals surface area contributed by atoms with Gasteiger partial charge in [0.1, 0.15) is 0 Å². The smallest absolute Gasteiger partial charge is 0.241 e. The van der Waals surface area contributed by atoms with Gasteiger partial charge in [0.2, 0.25) is 11.8 Å². The van der Waals surface area contributed by atoms with Crippen molar-refractivity contribution in [2.75, 3.05) is 19.6 Å². The van der Waals surface area contributed by atoms with Gasteiger partial charge in [-0.3, -0.25) is 9.59 Å². The lowest BCUT2D eigenvalue weighted by atomic mass is 9.97. The largest absolute Gasteiger partial charge is 0.347 e. The molecule has 0 bridgehead atoms. The fourth-order valence-electron chi connectivity index (χ4n) is 3.26. The molecular formula is C20H26ClN3O2S. The second-order valence-corrected chi connectivity index (χ2v) is 9.03. The van der Waals surface area contributed by atoms with Gasteiger partial charge in [-0.05, 0) is 43.4 Å². The fraction of sp³-hybridized carbons (Fsp3) is 0.550. The molecule has 2 heterocycles. The molecule has 1 aromatic carbocycles. The average molecular weight is 408 g/mol. The lowest BCUT2D eigenvalue weighted by Gasteiger charge is -2.31. The molecule has 1 saturated heterocycles. The highest BCUT2D eigenvalue weighted by molar-refractivity contribution is 7.18. The van der Waals surface area contributed by atoms with Crippen LogP contribution in [-0.2, 0) is 9.59 Å². The van der Waals surface area contributed by atoms with E-state index < -0.39 is 0 Å². The van der Waals surface area contributed by atoms with Crippen molar-refractivity contribution in [2.45, 2.75) is 45.4 Å². The molecule has 146 valence electrons. The van der Waals surface area contributed by atoms with Crippen molar-refractivity contribution in [3.63, 3.8) is 0 Å². The Bertz CT molecular complexity index is 813. The monoisotopic (exact) mass is 407 g/mol. The van der Waals surface area contributed by atoms with Gasteiger partial charge in [-0.1, -0.05) is 25.4 Å². The maximum Gasteiger partial charge on any atom is 0.241 e. The molecule has 27 heavy (non-hydrogen) atoms. The van der Waals surface area contributed by atoms with Crippen LogP contribution in [0.3, 0.4) is 0 Å². The van der Waals surface area contributed by atoms with Crippen molar-refractivity contribution in [2.24, 2.45) is 5.92 Å². The minimum atomic E-state index is -0.0416. The summed E-state index contributed by atoms with van der Waals surface area (Å²) in [7, 11) is 0. The Morgan fingerprint density at radius 2 is 2.07 bits per heavy atom. The molecule has 1 aliphatic heterocycles. The van der Waals surface area contributed by atoms with Gasteiger partial charge in [0, 0.05) is 30.5 Å². The number of rotatable bonds is 6. The quantitative estimate of drug-likeness (QED) is 0.780. The summed E-state index contributed by atoms with van der Waals surface area (Å²) in [5, 5.41) is 4.58. The van der Waals surface area contributed by atoms with Crippen LogP contribution < -0.4 is 5.32 Å². The molecule has 0 aliphatic carbocycles. The van der Waals surface area contributed by atoms with Gasteiger partial charge in [-0.25, -0.2) is 4.98 Å². The summed E-state index contributed by atoms with van der Waals surface area (Å²) in [5.74, 6) is 0.831. The van der Waals surface area contributed by atoms with Gasteiger partial charge in [-0.2, -0.15) is 0 Å². The zero-order valence-electron chi connectivity index (χ0n) is 15.8. The molecule has 1 aliphatic rings. The normalized spacial score (nSPS) is 15.5. The predicted octanol–water partition coefficient (Wildman–Crippen LogP) is 4.21. The summed E-state index contributed by atoms with van der Waals surface area (Å²) in [6.07, 6.45) is 3.13. The van der Waals surface area contributed by atoms with E-state index in [9.17, 15) is 9.59 Å². The first-order chi connectivity index (χ1) is 12.9. The predicted molar refractivity (Wildman–Crippen MR) is 110 cm³/mol. The summed E-state index contributed by atoms with van der Waals surface area (Å²) in [5.41, 5.74) is 0.949. The van der Waals surface area contributed by atoms with Crippen molar-refractivity contribution >= 4 is 45.0 Å². The highest BCUT2D eigenvalue weighted by Gasteiger charge is 2.26. The van der Waals surface area contributed by atoms with Crippen LogP contribution in [0.15, 0.2) is 18.2 Å². The van der Waals surface area contributed by atoms with Gasteiger partial charge in [0.15, 0.2) is 0 Å². The van der Waals surface area contributed by atoms with Crippen LogP contribution in [0.4, 0.5) is 0 Å². The Kier molecular flexibility index (Phi) is 6.71. The molecule has 0 radical (unpaired) electrons. The van der Waals surface area contributed by atoms with Crippen molar-refractivity contribution in [1.29, 1.82) is 0 Å². The highest BCUT2D eigenvalue weighted by atomic mass is 35.5. The van der Waals surface area contributed by atoms with Crippen molar-refractivity contribution in [3.05, 3.63) is 28.2 Å². The summed E-state index contributed by atoms with van der Waals surface area (Å²) < 4.78 is 1.15. The first-order valence-corrected chi connectivity index (χ1v) is 10.7. The molecule has 5 nitrogen and oxygen atoms in total. The number of carbonyl (C=O) groups excluding carboxylic acids is 2. The van der Waals surface area contributed by atoms with Gasteiger partial charge in [0.05, 0.1) is 21.8 Å². The average Bonchev–Trinajstić information content (AvgIpc) is 3.07. The molecular weight excluding hydrogens is 382 g/mol. The number of benzene rings is 1. The zero-order chi connectivity index (χ0) is 19.4. The Hall–Kier alpha value is -1.66. The Morgan fingerprint density at radius 3 is 2.78 bits per heavy atom. The van der Waals surface area contributed by atoms with Crippen molar-refractivity contribution in [1.82, 2.24) is 15.2 Å². The molecule has 2 amide bonds. The van der Waals surface area contributed by atoms with E-state index in [0.717, 1.165) is 34.5 Å². The molecule has 0 spiro atoms. The second-order valence-electron chi connectivity index (χ2n) is 7.53. The molecule has 1 aromatic heterocycles.